The van der Waals surface area contributed by atoms with Gasteiger partial charge in [-0.15, -0.1) is 12.4 Å². The van der Waals surface area contributed by atoms with Crippen LogP contribution in [-0.4, -0.2) is 24.5 Å². The molecule has 0 aromatic heterocycles. The van der Waals surface area contributed by atoms with Crippen molar-refractivity contribution in [1.82, 2.24) is 4.90 Å². The molecule has 0 fully saturated rings. The van der Waals surface area contributed by atoms with E-state index in [9.17, 15) is 0 Å². The smallest absolute Gasteiger partial charge is 0.0465 e. The molecular weight excluding hydrogens is 266 g/mol. The lowest BCUT2D eigenvalue weighted by molar-refractivity contribution is 0.255. The van der Waals surface area contributed by atoms with Gasteiger partial charge in [-0.3, -0.25) is 4.90 Å². The molecule has 0 amide bonds. The highest BCUT2D eigenvalue weighted by molar-refractivity contribution is 6.35. The largest absolute Gasteiger partial charge is 0.329 e. The Bertz CT molecular complexity index is 311. The molecule has 0 saturated carbocycles. The molecule has 5 heteroatoms. The Labute approximate surface area is 113 Å². The number of hydrogen-bond acceptors (Lipinski definition) is 2. The number of hydrogen-bond donors (Lipinski definition) is 1. The summed E-state index contributed by atoms with van der Waals surface area (Å²) < 4.78 is 0. The molecule has 0 radical (unpaired) electrons. The van der Waals surface area contributed by atoms with Gasteiger partial charge < -0.3 is 5.73 Å². The molecule has 1 aromatic rings. The summed E-state index contributed by atoms with van der Waals surface area (Å²) in [6, 6.07) is 5.87. The average molecular weight is 284 g/mol. The average Bonchev–Trinajstić information content (AvgIpc) is 2.22. The van der Waals surface area contributed by atoms with E-state index in [0.717, 1.165) is 12.1 Å². The van der Waals surface area contributed by atoms with Gasteiger partial charge in [-0.1, -0.05) is 29.3 Å². The van der Waals surface area contributed by atoms with E-state index >= 15 is 0 Å². The predicted octanol–water partition coefficient (Wildman–Crippen LogP) is 3.19. The number of nitrogens with zero attached hydrogens (tertiary/aromatic N) is 1. The van der Waals surface area contributed by atoms with Gasteiger partial charge in [0.2, 0.25) is 0 Å². The van der Waals surface area contributed by atoms with Crippen LogP contribution in [0.3, 0.4) is 0 Å². The maximum Gasteiger partial charge on any atom is 0.0465 e. The summed E-state index contributed by atoms with van der Waals surface area (Å²) in [5.74, 6) is 0. The van der Waals surface area contributed by atoms with E-state index < -0.39 is 0 Å². The zero-order chi connectivity index (χ0) is 11.4. The summed E-state index contributed by atoms with van der Waals surface area (Å²) in [6.45, 7) is 3.42. The standard InChI is InChI=1S/C11H16Cl2N2.ClH/c1-8(6-14)15(2)7-9-10(12)4-3-5-11(9)13;/h3-5,8H,6-7,14H2,1-2H3;1H. The minimum Gasteiger partial charge on any atom is -0.329 e. The highest BCUT2D eigenvalue weighted by Gasteiger charge is 2.12. The normalized spacial score (nSPS) is 12.4. The fraction of sp³-hybridized carbons (Fsp3) is 0.455. The van der Waals surface area contributed by atoms with E-state index in [1.165, 1.54) is 0 Å². The van der Waals surface area contributed by atoms with E-state index in [1.54, 1.807) is 0 Å². The molecule has 1 atom stereocenters. The first-order valence-corrected chi connectivity index (χ1v) is 5.65. The van der Waals surface area contributed by atoms with Crippen molar-refractivity contribution in [3.05, 3.63) is 33.8 Å². The van der Waals surface area contributed by atoms with Crippen LogP contribution in [0.2, 0.25) is 10.0 Å². The molecule has 0 aliphatic carbocycles. The number of halogens is 3. The molecule has 2 N–H and O–H groups in total. The van der Waals surface area contributed by atoms with Crippen molar-refractivity contribution in [2.24, 2.45) is 5.73 Å². The van der Waals surface area contributed by atoms with Crippen LogP contribution in [0.25, 0.3) is 0 Å². The van der Waals surface area contributed by atoms with Crippen LogP contribution in [0.15, 0.2) is 18.2 Å². The molecule has 1 unspecified atom stereocenters. The van der Waals surface area contributed by atoms with E-state index in [4.69, 9.17) is 28.9 Å². The van der Waals surface area contributed by atoms with Gasteiger partial charge in [0.15, 0.2) is 0 Å². The number of nitrogens with two attached hydrogens (primary N) is 1. The van der Waals surface area contributed by atoms with Crippen LogP contribution < -0.4 is 5.73 Å². The number of likely N-dealkylation sites (N-methyl/N-ethyl adjacent to an activating group) is 1. The van der Waals surface area contributed by atoms with E-state index in [2.05, 4.69) is 11.8 Å². The first kappa shape index (κ1) is 16.0. The van der Waals surface area contributed by atoms with Crippen molar-refractivity contribution < 1.29 is 0 Å². The van der Waals surface area contributed by atoms with Crippen molar-refractivity contribution in [1.29, 1.82) is 0 Å². The van der Waals surface area contributed by atoms with Gasteiger partial charge in [-0.25, -0.2) is 0 Å². The quantitative estimate of drug-likeness (QED) is 0.919. The van der Waals surface area contributed by atoms with E-state index in [-0.39, 0.29) is 12.4 Å². The third kappa shape index (κ3) is 4.11. The zero-order valence-corrected chi connectivity index (χ0v) is 11.7. The maximum atomic E-state index is 6.08. The van der Waals surface area contributed by atoms with Crippen LogP contribution in [0.1, 0.15) is 12.5 Å². The lowest BCUT2D eigenvalue weighted by Gasteiger charge is -2.24. The fourth-order valence-corrected chi connectivity index (χ4v) is 1.79. The molecule has 0 bridgehead atoms. The Morgan fingerprint density at radius 1 is 1.31 bits per heavy atom. The second-order valence-electron chi connectivity index (χ2n) is 3.70. The topological polar surface area (TPSA) is 29.3 Å². The van der Waals surface area contributed by atoms with Gasteiger partial charge in [-0.2, -0.15) is 0 Å². The van der Waals surface area contributed by atoms with Gasteiger partial charge in [0.1, 0.15) is 0 Å². The van der Waals surface area contributed by atoms with Crippen molar-refractivity contribution in [2.75, 3.05) is 13.6 Å². The molecule has 0 heterocycles. The lowest BCUT2D eigenvalue weighted by Crippen LogP contribution is -2.34. The fourth-order valence-electron chi connectivity index (χ4n) is 1.27. The second kappa shape index (κ2) is 7.36. The van der Waals surface area contributed by atoms with Crippen LogP contribution >= 0.6 is 35.6 Å². The molecule has 1 aromatic carbocycles. The minimum atomic E-state index is 0. The SMILES string of the molecule is CC(CN)N(C)Cc1c(Cl)cccc1Cl.Cl. The third-order valence-corrected chi connectivity index (χ3v) is 3.27. The Morgan fingerprint density at radius 2 is 1.81 bits per heavy atom. The summed E-state index contributed by atoms with van der Waals surface area (Å²) in [6.07, 6.45) is 0. The van der Waals surface area contributed by atoms with Crippen LogP contribution in [0, 0.1) is 0 Å². The third-order valence-electron chi connectivity index (χ3n) is 2.56. The van der Waals surface area contributed by atoms with Crippen molar-refractivity contribution in [3.63, 3.8) is 0 Å². The molecule has 0 spiro atoms. The van der Waals surface area contributed by atoms with Crippen molar-refractivity contribution in [2.45, 2.75) is 19.5 Å². The Balaban J connectivity index is 0.00000225. The molecule has 2 nitrogen and oxygen atoms in total. The summed E-state index contributed by atoms with van der Waals surface area (Å²) in [7, 11) is 2.01. The Kier molecular flexibility index (Phi) is 7.36. The summed E-state index contributed by atoms with van der Waals surface area (Å²) >= 11 is 12.2. The van der Waals surface area contributed by atoms with Gasteiger partial charge in [0, 0.05) is 34.7 Å². The van der Waals surface area contributed by atoms with Crippen molar-refractivity contribution in [3.8, 4) is 0 Å². The molecule has 1 rings (SSSR count). The van der Waals surface area contributed by atoms with Crippen LogP contribution in [0.4, 0.5) is 0 Å². The molecular formula is C11H17Cl3N2. The molecule has 0 saturated heterocycles. The zero-order valence-electron chi connectivity index (χ0n) is 9.41. The summed E-state index contributed by atoms with van der Waals surface area (Å²) in [4.78, 5) is 2.13. The summed E-state index contributed by atoms with van der Waals surface area (Å²) in [5, 5.41) is 1.41. The van der Waals surface area contributed by atoms with Crippen molar-refractivity contribution >= 4 is 35.6 Å². The van der Waals surface area contributed by atoms with Gasteiger partial charge in [0.05, 0.1) is 0 Å². The number of benzene rings is 1. The first-order chi connectivity index (χ1) is 7.06. The molecule has 0 aliphatic heterocycles. The highest BCUT2D eigenvalue weighted by atomic mass is 35.5. The molecule has 92 valence electrons. The first-order valence-electron chi connectivity index (χ1n) is 4.89. The Morgan fingerprint density at radius 3 is 2.25 bits per heavy atom. The van der Waals surface area contributed by atoms with E-state index in [0.29, 0.717) is 22.6 Å². The monoisotopic (exact) mass is 282 g/mol. The van der Waals surface area contributed by atoms with Gasteiger partial charge >= 0.3 is 0 Å². The highest BCUT2D eigenvalue weighted by Crippen LogP contribution is 2.25. The second-order valence-corrected chi connectivity index (χ2v) is 4.51. The molecule has 0 aliphatic rings. The molecule has 16 heavy (non-hydrogen) atoms. The Hall–Kier alpha value is 0.01000. The van der Waals surface area contributed by atoms with Crippen LogP contribution in [0.5, 0.6) is 0 Å². The lowest BCUT2D eigenvalue weighted by atomic mass is 10.2. The van der Waals surface area contributed by atoms with Gasteiger partial charge in [0.25, 0.3) is 0 Å². The van der Waals surface area contributed by atoms with Gasteiger partial charge in [-0.05, 0) is 26.1 Å². The summed E-state index contributed by atoms with van der Waals surface area (Å²) in [5.41, 5.74) is 6.56. The predicted molar refractivity (Wildman–Crippen MR) is 73.7 cm³/mol. The maximum absolute atomic E-state index is 6.08. The number of rotatable bonds is 4. The van der Waals surface area contributed by atoms with Crippen LogP contribution in [-0.2, 0) is 6.54 Å². The van der Waals surface area contributed by atoms with E-state index in [1.807, 2.05) is 25.2 Å². The minimum absolute atomic E-state index is 0.